The van der Waals surface area contributed by atoms with Crippen molar-refractivity contribution in [1.29, 1.82) is 0 Å². The smallest absolute Gasteiger partial charge is 0.326 e. The lowest BCUT2D eigenvalue weighted by molar-refractivity contribution is -0.138. The zero-order valence-electron chi connectivity index (χ0n) is 11.2. The summed E-state index contributed by atoms with van der Waals surface area (Å²) in [7, 11) is 0. The molecule has 21 heavy (non-hydrogen) atoms. The number of nitrogens with zero attached hydrogens (tertiary/aromatic N) is 3. The number of hydrogen-bond acceptors (Lipinski definition) is 5. The zero-order valence-corrected chi connectivity index (χ0v) is 12.0. The molecule has 1 N–H and O–H groups in total. The van der Waals surface area contributed by atoms with Gasteiger partial charge in [-0.25, -0.2) is 9.18 Å². The molecular weight excluding hydrogens is 293 g/mol. The second-order valence-electron chi connectivity index (χ2n) is 4.97. The van der Waals surface area contributed by atoms with Gasteiger partial charge in [-0.15, -0.1) is 10.2 Å². The van der Waals surface area contributed by atoms with Crippen molar-refractivity contribution < 1.29 is 14.3 Å². The highest BCUT2D eigenvalue weighted by atomic mass is 32.1. The van der Waals surface area contributed by atoms with Gasteiger partial charge in [-0.3, -0.25) is 0 Å². The normalized spacial score (nSPS) is 18.1. The van der Waals surface area contributed by atoms with Gasteiger partial charge < -0.3 is 10.0 Å². The number of benzene rings is 1. The van der Waals surface area contributed by atoms with Crippen LogP contribution in [0.3, 0.4) is 0 Å². The van der Waals surface area contributed by atoms with E-state index in [4.69, 9.17) is 0 Å². The fraction of sp³-hybridized carbons (Fsp3) is 0.357. The highest BCUT2D eigenvalue weighted by molar-refractivity contribution is 7.15. The van der Waals surface area contributed by atoms with Crippen LogP contribution >= 0.6 is 11.3 Å². The van der Waals surface area contributed by atoms with Gasteiger partial charge in [0.15, 0.2) is 0 Å². The van der Waals surface area contributed by atoms with Crippen molar-refractivity contribution in [2.24, 2.45) is 0 Å². The highest BCUT2D eigenvalue weighted by Gasteiger charge is 2.32. The quantitative estimate of drug-likeness (QED) is 0.939. The molecule has 0 spiro atoms. The van der Waals surface area contributed by atoms with Crippen LogP contribution in [-0.4, -0.2) is 33.9 Å². The van der Waals surface area contributed by atoms with E-state index >= 15 is 0 Å². The summed E-state index contributed by atoms with van der Waals surface area (Å²) in [6.07, 6.45) is 2.07. The summed E-state index contributed by atoms with van der Waals surface area (Å²) in [5.74, 6) is -1.08. The van der Waals surface area contributed by atoms with Gasteiger partial charge in [0.25, 0.3) is 0 Å². The van der Waals surface area contributed by atoms with Crippen molar-refractivity contribution in [3.05, 3.63) is 40.7 Å². The van der Waals surface area contributed by atoms with E-state index in [2.05, 4.69) is 10.2 Å². The number of aliphatic carboxylic acids is 1. The lowest BCUT2D eigenvalue weighted by atomic mass is 10.2. The van der Waals surface area contributed by atoms with Gasteiger partial charge in [0, 0.05) is 13.0 Å². The van der Waals surface area contributed by atoms with E-state index in [1.54, 1.807) is 17.0 Å². The fourth-order valence-electron chi connectivity index (χ4n) is 2.46. The van der Waals surface area contributed by atoms with Gasteiger partial charge in [0.1, 0.15) is 16.9 Å². The summed E-state index contributed by atoms with van der Waals surface area (Å²) in [5, 5.41) is 18.9. The van der Waals surface area contributed by atoms with E-state index in [1.807, 2.05) is 0 Å². The average Bonchev–Trinajstić information content (AvgIpc) is 3.09. The van der Waals surface area contributed by atoms with E-state index in [-0.39, 0.29) is 5.82 Å². The molecule has 7 heteroatoms. The third-order valence-electron chi connectivity index (χ3n) is 3.51. The van der Waals surface area contributed by atoms with Crippen molar-refractivity contribution >= 4 is 22.4 Å². The van der Waals surface area contributed by atoms with Crippen LogP contribution in [0.1, 0.15) is 23.4 Å². The second kappa shape index (κ2) is 5.77. The van der Waals surface area contributed by atoms with Gasteiger partial charge in [-0.05, 0) is 30.5 Å². The molecule has 0 radical (unpaired) electrons. The van der Waals surface area contributed by atoms with Gasteiger partial charge in [0.2, 0.25) is 5.13 Å². The Bertz CT molecular complexity index is 644. The number of halogens is 1. The molecule has 2 aromatic rings. The summed E-state index contributed by atoms with van der Waals surface area (Å²) >= 11 is 1.40. The van der Waals surface area contributed by atoms with Gasteiger partial charge in [-0.1, -0.05) is 23.5 Å². The van der Waals surface area contributed by atoms with Crippen LogP contribution in [0.2, 0.25) is 0 Å². The molecule has 0 saturated carbocycles. The Morgan fingerprint density at radius 2 is 2.14 bits per heavy atom. The topological polar surface area (TPSA) is 66.3 Å². The molecule has 0 unspecified atom stereocenters. The first-order valence-electron chi connectivity index (χ1n) is 6.70. The lowest BCUT2D eigenvalue weighted by Gasteiger charge is -2.19. The number of anilines is 1. The summed E-state index contributed by atoms with van der Waals surface area (Å²) in [6.45, 7) is 0.697. The highest BCUT2D eigenvalue weighted by Crippen LogP contribution is 2.29. The van der Waals surface area contributed by atoms with Crippen LogP contribution in [0.4, 0.5) is 9.52 Å². The Labute approximate surface area is 125 Å². The second-order valence-corrected chi connectivity index (χ2v) is 6.01. The van der Waals surface area contributed by atoms with Crippen molar-refractivity contribution in [3.63, 3.8) is 0 Å². The molecule has 1 fully saturated rings. The summed E-state index contributed by atoms with van der Waals surface area (Å²) < 4.78 is 12.9. The van der Waals surface area contributed by atoms with Gasteiger partial charge in [0.05, 0.1) is 0 Å². The average molecular weight is 307 g/mol. The van der Waals surface area contributed by atoms with Crippen LogP contribution < -0.4 is 4.90 Å². The first-order valence-corrected chi connectivity index (χ1v) is 7.51. The predicted octanol–water partition coefficient (Wildman–Crippen LogP) is 2.32. The largest absolute Gasteiger partial charge is 0.480 e. The van der Waals surface area contributed by atoms with Crippen LogP contribution in [0.15, 0.2) is 24.3 Å². The lowest BCUT2D eigenvalue weighted by Crippen LogP contribution is -2.35. The Balaban J connectivity index is 1.74. The maximum Gasteiger partial charge on any atom is 0.326 e. The number of carbonyl (C=O) groups is 1. The molecular formula is C14H14FN3O2S. The van der Waals surface area contributed by atoms with Gasteiger partial charge >= 0.3 is 5.97 Å². The molecule has 1 aliphatic rings. The molecule has 2 heterocycles. The minimum atomic E-state index is -0.817. The van der Waals surface area contributed by atoms with Gasteiger partial charge in [-0.2, -0.15) is 0 Å². The number of hydrogen-bond donors (Lipinski definition) is 1. The Hall–Kier alpha value is -2.02. The molecule has 0 aliphatic carbocycles. The maximum atomic E-state index is 12.9. The molecule has 1 aromatic heterocycles. The van der Waals surface area contributed by atoms with Crippen molar-refractivity contribution in [3.8, 4) is 0 Å². The molecule has 3 rings (SSSR count). The molecule has 1 aliphatic heterocycles. The monoisotopic (exact) mass is 307 g/mol. The Kier molecular flexibility index (Phi) is 3.83. The van der Waals surface area contributed by atoms with E-state index in [9.17, 15) is 14.3 Å². The summed E-state index contributed by atoms with van der Waals surface area (Å²) in [4.78, 5) is 13.0. The fourth-order valence-corrected chi connectivity index (χ4v) is 3.41. The van der Waals surface area contributed by atoms with Crippen LogP contribution in [0, 0.1) is 5.82 Å². The minimum Gasteiger partial charge on any atom is -0.480 e. The third kappa shape index (κ3) is 3.02. The molecule has 110 valence electrons. The van der Waals surface area contributed by atoms with Crippen LogP contribution in [0.5, 0.6) is 0 Å². The SMILES string of the molecule is O=C(O)[C@H]1CCCN1c1nnc(Cc2ccc(F)cc2)s1. The maximum absolute atomic E-state index is 12.9. The van der Waals surface area contributed by atoms with E-state index in [0.29, 0.717) is 24.5 Å². The Morgan fingerprint density at radius 1 is 1.38 bits per heavy atom. The van der Waals surface area contributed by atoms with E-state index < -0.39 is 12.0 Å². The molecule has 5 nitrogen and oxygen atoms in total. The van der Waals surface area contributed by atoms with Crippen molar-refractivity contribution in [2.45, 2.75) is 25.3 Å². The van der Waals surface area contributed by atoms with Crippen LogP contribution in [0.25, 0.3) is 0 Å². The zero-order chi connectivity index (χ0) is 14.8. The summed E-state index contributed by atoms with van der Waals surface area (Å²) in [5.41, 5.74) is 0.954. The van der Waals surface area contributed by atoms with E-state index in [1.165, 1.54) is 23.5 Å². The predicted molar refractivity (Wildman–Crippen MR) is 77.1 cm³/mol. The minimum absolute atomic E-state index is 0.266. The van der Waals surface area contributed by atoms with Crippen LogP contribution in [-0.2, 0) is 11.2 Å². The third-order valence-corrected chi connectivity index (χ3v) is 4.47. The first-order chi connectivity index (χ1) is 10.1. The van der Waals surface area contributed by atoms with E-state index in [0.717, 1.165) is 17.0 Å². The van der Waals surface area contributed by atoms with Crippen molar-refractivity contribution in [2.75, 3.05) is 11.4 Å². The number of rotatable bonds is 4. The molecule has 0 bridgehead atoms. The molecule has 1 aromatic carbocycles. The van der Waals surface area contributed by atoms with Crippen molar-refractivity contribution in [1.82, 2.24) is 10.2 Å². The first kappa shape index (κ1) is 13.9. The molecule has 1 atom stereocenters. The number of carboxylic acids is 1. The number of aromatic nitrogens is 2. The standard InChI is InChI=1S/C14H14FN3O2S/c15-10-5-3-9(4-6-10)8-12-16-17-14(21-12)18-7-1-2-11(18)13(19)20/h3-6,11H,1-2,7-8H2,(H,19,20)/t11-/m1/s1. The number of carboxylic acid groups (broad SMARTS) is 1. The molecule has 1 saturated heterocycles. The molecule has 0 amide bonds. The Morgan fingerprint density at radius 3 is 2.86 bits per heavy atom. The summed E-state index contributed by atoms with van der Waals surface area (Å²) in [6, 6.07) is 5.76.